The Morgan fingerprint density at radius 2 is 1.84 bits per heavy atom. The molecule has 5 aliphatic rings. The van der Waals surface area contributed by atoms with Crippen molar-refractivity contribution in [2.45, 2.75) is 119 Å². The minimum Gasteiger partial charge on any atom is -0.481 e. The molecule has 10 heteroatoms. The van der Waals surface area contributed by atoms with E-state index in [1.54, 1.807) is 12.5 Å². The van der Waals surface area contributed by atoms with Crippen LogP contribution in [0.4, 0.5) is 0 Å². The maximum atomic E-state index is 13.4. The molecule has 10 nitrogen and oxygen atoms in total. The molecular formula is C40H61N3O7. The van der Waals surface area contributed by atoms with Crippen molar-refractivity contribution in [2.75, 3.05) is 26.3 Å². The summed E-state index contributed by atoms with van der Waals surface area (Å²) in [5.74, 6) is -0.829. The Balaban J connectivity index is 1.28. The molecule has 3 saturated carbocycles. The average molecular weight is 696 g/mol. The maximum Gasteiger partial charge on any atom is 0.320 e. The summed E-state index contributed by atoms with van der Waals surface area (Å²) in [5, 5.41) is 14.2. The van der Waals surface area contributed by atoms with Crippen LogP contribution in [-0.4, -0.2) is 71.1 Å². The normalized spacial score (nSPS) is 41.2. The highest BCUT2D eigenvalue weighted by Gasteiger charge is 2.72. The van der Waals surface area contributed by atoms with Gasteiger partial charge in [-0.15, -0.1) is 0 Å². The third-order valence-electron chi connectivity index (χ3n) is 15.2. The number of nitrogens with zero attached hydrogens (tertiary/aromatic N) is 2. The topological polar surface area (TPSA) is 129 Å². The Kier molecular flexibility index (Phi) is 9.90. The van der Waals surface area contributed by atoms with Crippen LogP contribution < -0.4 is 5.32 Å². The molecular weight excluding hydrogens is 634 g/mol. The zero-order valence-electron chi connectivity index (χ0n) is 31.6. The number of nitrogens with one attached hydrogen (secondary N) is 1. The SMILES string of the molecule is CC(=O)O[C@@H]1C[C@@]23COC[C@](C)([C@@H]2CC[C@H]2C3=CC[C@@]3(C)[C@H](C(=O)O)[C@@](C)([C@H](C)C(C)C)CC[C@]23C)[C@H]1OC(=O)CNCCCn1ccnc1. The van der Waals surface area contributed by atoms with Crippen molar-refractivity contribution in [1.82, 2.24) is 14.9 Å². The zero-order chi connectivity index (χ0) is 36.3. The van der Waals surface area contributed by atoms with Crippen molar-refractivity contribution >= 4 is 17.9 Å². The largest absolute Gasteiger partial charge is 0.481 e. The smallest absolute Gasteiger partial charge is 0.320 e. The molecule has 2 bridgehead atoms. The fourth-order valence-corrected chi connectivity index (χ4v) is 12.3. The summed E-state index contributed by atoms with van der Waals surface area (Å²) in [6.07, 6.45) is 12.4. The van der Waals surface area contributed by atoms with Crippen LogP contribution in [0.2, 0.25) is 0 Å². The van der Waals surface area contributed by atoms with Gasteiger partial charge in [-0.25, -0.2) is 4.98 Å². The molecule has 0 amide bonds. The Labute approximate surface area is 298 Å². The molecule has 4 aliphatic carbocycles. The lowest BCUT2D eigenvalue weighted by atomic mass is 9.34. The number of carbonyl (C=O) groups is 3. The number of esters is 2. The third-order valence-corrected chi connectivity index (χ3v) is 15.2. The maximum absolute atomic E-state index is 13.4. The van der Waals surface area contributed by atoms with E-state index in [0.29, 0.717) is 38.5 Å². The second-order valence-corrected chi connectivity index (χ2v) is 17.9. The van der Waals surface area contributed by atoms with Gasteiger partial charge in [-0.3, -0.25) is 14.4 Å². The first-order valence-corrected chi connectivity index (χ1v) is 19.1. The van der Waals surface area contributed by atoms with Crippen LogP contribution in [0.15, 0.2) is 30.4 Å². The van der Waals surface area contributed by atoms with Gasteiger partial charge in [0, 0.05) is 36.7 Å². The molecule has 278 valence electrons. The number of carboxylic acid groups (broad SMARTS) is 1. The fraction of sp³-hybridized carbons (Fsp3) is 0.800. The van der Waals surface area contributed by atoms with Crippen LogP contribution in [0.1, 0.15) is 100 Å². The molecule has 11 atom stereocenters. The third kappa shape index (κ3) is 5.75. The zero-order valence-corrected chi connectivity index (χ0v) is 31.6. The molecule has 6 rings (SSSR count). The number of aromatic nitrogens is 2. The number of allylic oxidation sites excluding steroid dienone is 1. The number of hydrogen-bond acceptors (Lipinski definition) is 8. The van der Waals surface area contributed by atoms with Crippen molar-refractivity contribution < 1.29 is 33.7 Å². The molecule has 2 heterocycles. The van der Waals surface area contributed by atoms with Gasteiger partial charge in [-0.05, 0) is 91.4 Å². The molecule has 0 aromatic carbocycles. The van der Waals surface area contributed by atoms with E-state index in [-0.39, 0.29) is 52.5 Å². The van der Waals surface area contributed by atoms with Crippen LogP contribution in [-0.2, 0) is 35.1 Å². The highest BCUT2D eigenvalue weighted by atomic mass is 16.6. The number of carboxylic acids is 1. The lowest BCUT2D eigenvalue weighted by molar-refractivity contribution is -0.262. The van der Waals surface area contributed by atoms with Gasteiger partial charge < -0.3 is 29.2 Å². The van der Waals surface area contributed by atoms with E-state index in [9.17, 15) is 19.5 Å². The van der Waals surface area contributed by atoms with E-state index >= 15 is 0 Å². The summed E-state index contributed by atoms with van der Waals surface area (Å²) < 4.78 is 20.9. The summed E-state index contributed by atoms with van der Waals surface area (Å²) >= 11 is 0. The monoisotopic (exact) mass is 695 g/mol. The lowest BCUT2D eigenvalue weighted by Gasteiger charge is -2.71. The molecule has 1 aliphatic heterocycles. The minimum absolute atomic E-state index is 0.0726. The van der Waals surface area contributed by atoms with Gasteiger partial charge in [0.2, 0.25) is 0 Å². The molecule has 0 spiro atoms. The number of aryl methyl sites for hydroxylation is 1. The minimum atomic E-state index is -0.671. The molecule has 1 saturated heterocycles. The quantitative estimate of drug-likeness (QED) is 0.156. The highest BCUT2D eigenvalue weighted by Crippen LogP contribution is 2.75. The molecule has 2 N–H and O–H groups in total. The molecule has 1 aromatic heterocycles. The lowest BCUT2D eigenvalue weighted by Crippen LogP contribution is -2.70. The second kappa shape index (κ2) is 13.4. The molecule has 1 aromatic rings. The summed E-state index contributed by atoms with van der Waals surface area (Å²) in [4.78, 5) is 43.4. The summed E-state index contributed by atoms with van der Waals surface area (Å²) in [6, 6.07) is 0. The van der Waals surface area contributed by atoms with E-state index in [2.05, 4.69) is 64.8 Å². The Hall–Kier alpha value is -2.72. The highest BCUT2D eigenvalue weighted by molar-refractivity contribution is 5.73. The molecule has 0 unspecified atom stereocenters. The van der Waals surface area contributed by atoms with Crippen LogP contribution in [0.25, 0.3) is 0 Å². The Bertz CT molecular complexity index is 1480. The number of hydrogen-bond donors (Lipinski definition) is 2. The van der Waals surface area contributed by atoms with Crippen LogP contribution in [0.5, 0.6) is 0 Å². The van der Waals surface area contributed by atoms with Gasteiger partial charge in [-0.2, -0.15) is 0 Å². The number of carbonyl (C=O) groups excluding carboxylic acids is 2. The van der Waals surface area contributed by atoms with Crippen LogP contribution in [0.3, 0.4) is 0 Å². The Morgan fingerprint density at radius 1 is 1.08 bits per heavy atom. The van der Waals surface area contributed by atoms with Crippen molar-refractivity contribution in [2.24, 2.45) is 56.7 Å². The first-order valence-electron chi connectivity index (χ1n) is 19.1. The number of imidazole rings is 1. The van der Waals surface area contributed by atoms with E-state index in [1.165, 1.54) is 12.5 Å². The van der Waals surface area contributed by atoms with E-state index in [4.69, 9.17) is 14.2 Å². The van der Waals surface area contributed by atoms with E-state index in [0.717, 1.165) is 38.6 Å². The molecule has 0 radical (unpaired) electrons. The van der Waals surface area contributed by atoms with Crippen molar-refractivity contribution in [1.29, 1.82) is 0 Å². The summed E-state index contributed by atoms with van der Waals surface area (Å²) in [5.41, 5.74) is -0.501. The van der Waals surface area contributed by atoms with Crippen molar-refractivity contribution in [3.63, 3.8) is 0 Å². The average Bonchev–Trinajstić information content (AvgIpc) is 3.56. The van der Waals surface area contributed by atoms with Crippen molar-refractivity contribution in [3.05, 3.63) is 30.4 Å². The van der Waals surface area contributed by atoms with E-state index < -0.39 is 34.9 Å². The molecule has 4 fully saturated rings. The second-order valence-electron chi connectivity index (χ2n) is 17.9. The fourth-order valence-electron chi connectivity index (χ4n) is 12.3. The van der Waals surface area contributed by atoms with Crippen LogP contribution in [0, 0.1) is 56.7 Å². The standard InChI is InChI=1S/C40H61N3O7/c1-25(2)26(3)36(5)14-15-38(7)28-10-11-31-37(6)22-48-23-40(31,29(28)12-13-39(38,8)33(36)35(46)47)20-30(49-27(4)44)34(37)50-32(45)21-41-16-9-18-43-19-17-42-24-43/h12,17,19,24-26,28,30-31,33-34,41H,9-11,13-16,18,20-23H2,1-8H3,(H,46,47)/t26-,28+,30-,31+,33-,34+,36-,37-,38-,39+,40+/m1/s1. The Morgan fingerprint density at radius 3 is 2.50 bits per heavy atom. The number of fused-ring (bicyclic) bond motifs is 3. The first-order chi connectivity index (χ1) is 23.5. The van der Waals surface area contributed by atoms with Gasteiger partial charge in [-0.1, -0.05) is 60.1 Å². The predicted molar refractivity (Wildman–Crippen MR) is 189 cm³/mol. The number of ether oxygens (including phenoxy) is 3. The first kappa shape index (κ1) is 37.1. The van der Waals surface area contributed by atoms with Gasteiger partial charge in [0.25, 0.3) is 0 Å². The summed E-state index contributed by atoms with van der Waals surface area (Å²) in [6.45, 7) is 19.6. The number of aliphatic carboxylic acids is 1. The van der Waals surface area contributed by atoms with Gasteiger partial charge in [0.1, 0.15) is 12.2 Å². The molecule has 50 heavy (non-hydrogen) atoms. The van der Waals surface area contributed by atoms with Gasteiger partial charge in [0.15, 0.2) is 0 Å². The van der Waals surface area contributed by atoms with Crippen LogP contribution >= 0.6 is 0 Å². The summed E-state index contributed by atoms with van der Waals surface area (Å²) in [7, 11) is 0. The number of rotatable bonds is 11. The van der Waals surface area contributed by atoms with Crippen molar-refractivity contribution in [3.8, 4) is 0 Å². The van der Waals surface area contributed by atoms with Gasteiger partial charge in [0.05, 0.1) is 32.0 Å². The predicted octanol–water partition coefficient (Wildman–Crippen LogP) is 6.29. The van der Waals surface area contributed by atoms with Gasteiger partial charge >= 0.3 is 17.9 Å². The van der Waals surface area contributed by atoms with E-state index in [1.807, 2.05) is 10.8 Å².